The van der Waals surface area contributed by atoms with Crippen LogP contribution in [0.15, 0.2) is 6.07 Å². The van der Waals surface area contributed by atoms with E-state index in [1.54, 1.807) is 11.3 Å². The predicted octanol–water partition coefficient (Wildman–Crippen LogP) is 3.04. The Balaban J connectivity index is 2.01. The van der Waals surface area contributed by atoms with Gasteiger partial charge in [0.15, 0.2) is 0 Å². The van der Waals surface area contributed by atoms with Gasteiger partial charge in [-0.05, 0) is 37.8 Å². The van der Waals surface area contributed by atoms with Crippen molar-refractivity contribution < 1.29 is 9.90 Å². The smallest absolute Gasteiger partial charge is 0.261 e. The van der Waals surface area contributed by atoms with E-state index in [0.717, 1.165) is 43.4 Å². The molecule has 0 unspecified atom stereocenters. The molecule has 1 amide bonds. The summed E-state index contributed by atoms with van der Waals surface area (Å²) < 4.78 is 0. The molecule has 0 aliphatic heterocycles. The van der Waals surface area contributed by atoms with Crippen molar-refractivity contribution in [2.75, 3.05) is 0 Å². The van der Waals surface area contributed by atoms with Crippen molar-refractivity contribution in [3.05, 3.63) is 21.4 Å². The van der Waals surface area contributed by atoms with Gasteiger partial charge in [0.25, 0.3) is 5.91 Å². The highest BCUT2D eigenvalue weighted by Crippen LogP contribution is 2.24. The first-order valence-corrected chi connectivity index (χ1v) is 8.01. The molecule has 0 aromatic carbocycles. The molecule has 1 aliphatic carbocycles. The minimum absolute atomic E-state index is 0.0265. The summed E-state index contributed by atoms with van der Waals surface area (Å²) in [6.07, 6.45) is 5.59. The van der Waals surface area contributed by atoms with Gasteiger partial charge in [-0.3, -0.25) is 4.79 Å². The number of hydrogen-bond acceptors (Lipinski definition) is 3. The van der Waals surface area contributed by atoms with Crippen LogP contribution in [0.1, 0.15) is 59.1 Å². The molecule has 0 radical (unpaired) electrons. The van der Waals surface area contributed by atoms with E-state index < -0.39 is 0 Å². The molecule has 1 aliphatic rings. The van der Waals surface area contributed by atoms with Gasteiger partial charge in [-0.1, -0.05) is 26.2 Å². The number of hydrogen-bond donors (Lipinski definition) is 2. The first kappa shape index (κ1) is 14.5. The third-order valence-corrected chi connectivity index (χ3v) is 4.90. The minimum atomic E-state index is -0.381. The van der Waals surface area contributed by atoms with Crippen LogP contribution >= 0.6 is 11.3 Å². The lowest BCUT2D eigenvalue weighted by atomic mass is 9.92. The fourth-order valence-electron chi connectivity index (χ4n) is 2.67. The molecule has 1 fully saturated rings. The van der Waals surface area contributed by atoms with Crippen LogP contribution < -0.4 is 5.32 Å². The lowest BCUT2D eigenvalue weighted by Crippen LogP contribution is -2.44. The summed E-state index contributed by atoms with van der Waals surface area (Å²) in [6, 6.07) is 1.94. The molecule has 4 heteroatoms. The van der Waals surface area contributed by atoms with Crippen LogP contribution in [0, 0.1) is 6.92 Å². The van der Waals surface area contributed by atoms with Gasteiger partial charge in [0.05, 0.1) is 17.0 Å². The number of carbonyl (C=O) groups excluding carboxylic acids is 1. The number of aryl methyl sites for hydroxylation is 2. The van der Waals surface area contributed by atoms with E-state index in [0.29, 0.717) is 0 Å². The second kappa shape index (κ2) is 6.53. The van der Waals surface area contributed by atoms with Gasteiger partial charge in [-0.25, -0.2) is 0 Å². The topological polar surface area (TPSA) is 49.3 Å². The molecule has 0 bridgehead atoms. The Kier molecular flexibility index (Phi) is 4.99. The summed E-state index contributed by atoms with van der Waals surface area (Å²) in [5.41, 5.74) is 1.28. The summed E-state index contributed by atoms with van der Waals surface area (Å²) in [5.74, 6) is -0.0265. The molecule has 1 aromatic heterocycles. The Morgan fingerprint density at radius 3 is 2.89 bits per heavy atom. The number of nitrogens with one attached hydrogen (secondary N) is 1. The van der Waals surface area contributed by atoms with Crippen molar-refractivity contribution in [2.45, 2.75) is 64.5 Å². The highest BCUT2D eigenvalue weighted by molar-refractivity contribution is 7.14. The highest BCUT2D eigenvalue weighted by atomic mass is 32.1. The summed E-state index contributed by atoms with van der Waals surface area (Å²) in [7, 11) is 0. The third-order valence-electron chi connectivity index (χ3n) is 3.81. The van der Waals surface area contributed by atoms with Gasteiger partial charge in [0.1, 0.15) is 0 Å². The van der Waals surface area contributed by atoms with Gasteiger partial charge in [-0.15, -0.1) is 11.3 Å². The van der Waals surface area contributed by atoms with Crippen molar-refractivity contribution in [3.63, 3.8) is 0 Å². The lowest BCUT2D eigenvalue weighted by molar-refractivity contribution is 0.0720. The van der Waals surface area contributed by atoms with Crippen molar-refractivity contribution in [1.82, 2.24) is 5.32 Å². The molecular formula is C15H23NO2S. The Hall–Kier alpha value is -0.870. The summed E-state index contributed by atoms with van der Waals surface area (Å²) in [6.45, 7) is 4.22. The standard InChI is InChI=1S/C15H23NO2S/c1-3-6-11-9-14(19-10(11)2)15(18)16-12-7-4-5-8-13(12)17/h9,12-13,17H,3-8H2,1-2H3,(H,16,18)/t12-,13-/m1/s1. The summed E-state index contributed by atoms with van der Waals surface area (Å²) in [5, 5.41) is 12.9. The van der Waals surface area contributed by atoms with Crippen LogP contribution in [0.2, 0.25) is 0 Å². The maximum atomic E-state index is 12.2. The number of rotatable bonds is 4. The van der Waals surface area contributed by atoms with Crippen LogP contribution in [0.4, 0.5) is 0 Å². The van der Waals surface area contributed by atoms with E-state index in [1.807, 2.05) is 6.07 Å². The normalized spacial score (nSPS) is 23.3. The van der Waals surface area contributed by atoms with Gasteiger partial charge < -0.3 is 10.4 Å². The maximum Gasteiger partial charge on any atom is 0.261 e. The van der Waals surface area contributed by atoms with E-state index in [1.165, 1.54) is 10.4 Å². The van der Waals surface area contributed by atoms with E-state index >= 15 is 0 Å². The van der Waals surface area contributed by atoms with Crippen molar-refractivity contribution >= 4 is 17.2 Å². The zero-order valence-electron chi connectivity index (χ0n) is 11.7. The predicted molar refractivity (Wildman–Crippen MR) is 78.8 cm³/mol. The van der Waals surface area contributed by atoms with Crippen molar-refractivity contribution in [2.24, 2.45) is 0 Å². The second-order valence-corrected chi connectivity index (χ2v) is 6.63. The van der Waals surface area contributed by atoms with Gasteiger partial charge in [0.2, 0.25) is 0 Å². The molecule has 0 saturated heterocycles. The van der Waals surface area contributed by atoms with Gasteiger partial charge in [0, 0.05) is 4.88 Å². The van der Waals surface area contributed by atoms with Crippen LogP contribution in [0.3, 0.4) is 0 Å². The Bertz CT molecular complexity index is 441. The third kappa shape index (κ3) is 3.57. The lowest BCUT2D eigenvalue weighted by Gasteiger charge is -2.28. The van der Waals surface area contributed by atoms with Gasteiger partial charge in [-0.2, -0.15) is 0 Å². The van der Waals surface area contributed by atoms with Gasteiger partial charge >= 0.3 is 0 Å². The average molecular weight is 281 g/mol. The highest BCUT2D eigenvalue weighted by Gasteiger charge is 2.25. The minimum Gasteiger partial charge on any atom is -0.391 e. The summed E-state index contributed by atoms with van der Waals surface area (Å²) in [4.78, 5) is 14.2. The van der Waals surface area contributed by atoms with E-state index in [2.05, 4.69) is 19.2 Å². The number of aliphatic hydroxyl groups is 1. The quantitative estimate of drug-likeness (QED) is 0.891. The van der Waals surface area contributed by atoms with Crippen molar-refractivity contribution in [1.29, 1.82) is 0 Å². The molecule has 0 spiro atoms. The average Bonchev–Trinajstić information content (AvgIpc) is 2.75. The molecule has 2 rings (SSSR count). The zero-order chi connectivity index (χ0) is 13.8. The first-order chi connectivity index (χ1) is 9.11. The Labute approximate surface area is 119 Å². The zero-order valence-corrected chi connectivity index (χ0v) is 12.6. The SMILES string of the molecule is CCCc1cc(C(=O)N[C@@H]2CCCC[C@H]2O)sc1C. The van der Waals surface area contributed by atoms with E-state index in [-0.39, 0.29) is 18.1 Å². The first-order valence-electron chi connectivity index (χ1n) is 7.20. The molecule has 1 heterocycles. The molecule has 19 heavy (non-hydrogen) atoms. The fourth-order valence-corrected chi connectivity index (χ4v) is 3.64. The van der Waals surface area contributed by atoms with E-state index in [4.69, 9.17) is 0 Å². The Morgan fingerprint density at radius 1 is 1.47 bits per heavy atom. The van der Waals surface area contributed by atoms with Crippen LogP contribution in [-0.2, 0) is 6.42 Å². The maximum absolute atomic E-state index is 12.2. The van der Waals surface area contributed by atoms with Crippen LogP contribution in [-0.4, -0.2) is 23.2 Å². The summed E-state index contributed by atoms with van der Waals surface area (Å²) >= 11 is 1.56. The molecule has 3 nitrogen and oxygen atoms in total. The second-order valence-electron chi connectivity index (χ2n) is 5.37. The number of carbonyl (C=O) groups is 1. The molecule has 1 saturated carbocycles. The number of amides is 1. The molecule has 2 N–H and O–H groups in total. The number of aliphatic hydroxyl groups excluding tert-OH is 1. The van der Waals surface area contributed by atoms with Crippen molar-refractivity contribution in [3.8, 4) is 0 Å². The molecular weight excluding hydrogens is 258 g/mol. The largest absolute Gasteiger partial charge is 0.391 e. The Morgan fingerprint density at radius 2 is 2.21 bits per heavy atom. The van der Waals surface area contributed by atoms with Crippen LogP contribution in [0.5, 0.6) is 0 Å². The molecule has 1 aromatic rings. The fraction of sp³-hybridized carbons (Fsp3) is 0.667. The van der Waals surface area contributed by atoms with E-state index in [9.17, 15) is 9.90 Å². The molecule has 106 valence electrons. The molecule has 2 atom stereocenters. The number of thiophene rings is 1. The monoisotopic (exact) mass is 281 g/mol. The van der Waals surface area contributed by atoms with Crippen LogP contribution in [0.25, 0.3) is 0 Å².